The Balaban J connectivity index is 1.42. The number of nitrogens with zero attached hydrogens (tertiary/aromatic N) is 3. The summed E-state index contributed by atoms with van der Waals surface area (Å²) in [4.78, 5) is 12.7. The van der Waals surface area contributed by atoms with Crippen molar-refractivity contribution in [2.75, 3.05) is 17.9 Å². The van der Waals surface area contributed by atoms with Crippen LogP contribution in [-0.2, 0) is 4.79 Å². The van der Waals surface area contributed by atoms with Crippen molar-refractivity contribution in [2.24, 2.45) is 0 Å². The van der Waals surface area contributed by atoms with E-state index in [1.54, 1.807) is 36.4 Å². The van der Waals surface area contributed by atoms with Crippen LogP contribution in [-0.4, -0.2) is 38.3 Å². The molecule has 34 heavy (non-hydrogen) atoms. The zero-order chi connectivity index (χ0) is 23.7. The van der Waals surface area contributed by atoms with Gasteiger partial charge in [0, 0.05) is 11.8 Å². The molecular formula is C25H22N4O4S. The molecule has 0 bridgehead atoms. The number of hydrogen-bond donors (Lipinski definition) is 2. The molecule has 0 spiro atoms. The lowest BCUT2D eigenvalue weighted by atomic mass is 10.1. The number of carbonyl (C=O) groups is 1. The molecule has 172 valence electrons. The Morgan fingerprint density at radius 3 is 2.71 bits per heavy atom. The molecule has 0 atom stereocenters. The SMILES string of the molecule is Cc1ccc(-n2c(SCC(=O)Nc3ccc4c(c3)OCO4)nnc2-c2ccccc2O)c(C)c1. The van der Waals surface area contributed by atoms with Crippen LogP contribution in [0.2, 0.25) is 0 Å². The van der Waals surface area contributed by atoms with Crippen LogP contribution in [0.25, 0.3) is 17.1 Å². The topological polar surface area (TPSA) is 98.5 Å². The average Bonchev–Trinajstić information content (AvgIpc) is 3.45. The Labute approximate surface area is 200 Å². The number of anilines is 1. The molecule has 0 aliphatic carbocycles. The third-order valence-electron chi connectivity index (χ3n) is 5.36. The molecule has 2 heterocycles. The highest BCUT2D eigenvalue weighted by molar-refractivity contribution is 7.99. The summed E-state index contributed by atoms with van der Waals surface area (Å²) in [6, 6.07) is 18.3. The van der Waals surface area contributed by atoms with E-state index in [1.165, 1.54) is 11.8 Å². The van der Waals surface area contributed by atoms with E-state index < -0.39 is 0 Å². The summed E-state index contributed by atoms with van der Waals surface area (Å²) < 4.78 is 12.6. The van der Waals surface area contributed by atoms with Crippen LogP contribution in [0.15, 0.2) is 65.8 Å². The number of rotatable bonds is 6. The summed E-state index contributed by atoms with van der Waals surface area (Å²) in [5.41, 5.74) is 4.23. The van der Waals surface area contributed by atoms with Gasteiger partial charge in [-0.15, -0.1) is 10.2 Å². The van der Waals surface area contributed by atoms with E-state index in [4.69, 9.17) is 9.47 Å². The summed E-state index contributed by atoms with van der Waals surface area (Å²) >= 11 is 1.27. The standard InChI is InChI=1S/C25H22N4O4S/c1-15-7-9-19(16(2)11-15)29-24(18-5-3-4-6-20(18)30)27-28-25(29)34-13-23(31)26-17-8-10-21-22(12-17)33-14-32-21/h3-12,30H,13-14H2,1-2H3,(H,26,31). The Morgan fingerprint density at radius 1 is 1.06 bits per heavy atom. The molecular weight excluding hydrogens is 452 g/mol. The fourth-order valence-electron chi connectivity index (χ4n) is 3.78. The Hall–Kier alpha value is -3.98. The van der Waals surface area contributed by atoms with E-state index in [9.17, 15) is 9.90 Å². The van der Waals surface area contributed by atoms with Gasteiger partial charge in [-0.25, -0.2) is 0 Å². The molecule has 3 aromatic carbocycles. The Kier molecular flexibility index (Phi) is 5.85. The van der Waals surface area contributed by atoms with Gasteiger partial charge in [-0.2, -0.15) is 0 Å². The number of hydrogen-bond acceptors (Lipinski definition) is 7. The second kappa shape index (κ2) is 9.11. The van der Waals surface area contributed by atoms with E-state index in [2.05, 4.69) is 21.6 Å². The van der Waals surface area contributed by atoms with E-state index in [0.29, 0.717) is 33.7 Å². The molecule has 9 heteroatoms. The van der Waals surface area contributed by atoms with Crippen LogP contribution in [0.5, 0.6) is 17.2 Å². The molecule has 0 saturated carbocycles. The predicted octanol–water partition coefficient (Wildman–Crippen LogP) is 4.72. The molecule has 0 fully saturated rings. The minimum absolute atomic E-state index is 0.109. The Morgan fingerprint density at radius 2 is 1.88 bits per heavy atom. The van der Waals surface area contributed by atoms with Gasteiger partial charge in [-0.3, -0.25) is 9.36 Å². The number of fused-ring (bicyclic) bond motifs is 1. The monoisotopic (exact) mass is 474 g/mol. The maximum atomic E-state index is 12.7. The quantitative estimate of drug-likeness (QED) is 0.390. The first-order valence-electron chi connectivity index (χ1n) is 10.6. The first kappa shape index (κ1) is 21.8. The van der Waals surface area contributed by atoms with Gasteiger partial charge < -0.3 is 19.9 Å². The number of phenols is 1. The summed E-state index contributed by atoms with van der Waals surface area (Å²) in [6.07, 6.45) is 0. The number of thioether (sulfide) groups is 1. The maximum Gasteiger partial charge on any atom is 0.234 e. The lowest BCUT2D eigenvalue weighted by Crippen LogP contribution is -2.14. The number of aryl methyl sites for hydroxylation is 2. The highest BCUT2D eigenvalue weighted by Crippen LogP contribution is 2.35. The molecule has 5 rings (SSSR count). The lowest BCUT2D eigenvalue weighted by Gasteiger charge is -2.14. The number of carbonyl (C=O) groups excluding carboxylic acids is 1. The number of amides is 1. The summed E-state index contributed by atoms with van der Waals surface area (Å²) in [5.74, 6) is 1.81. The number of ether oxygens (including phenoxy) is 2. The Bertz CT molecular complexity index is 1390. The van der Waals surface area contributed by atoms with Crippen LogP contribution in [0.4, 0.5) is 5.69 Å². The van der Waals surface area contributed by atoms with Gasteiger partial charge in [0.1, 0.15) is 5.75 Å². The van der Waals surface area contributed by atoms with Gasteiger partial charge in [0.05, 0.1) is 17.0 Å². The number of aromatic nitrogens is 3. The van der Waals surface area contributed by atoms with Crippen LogP contribution < -0.4 is 14.8 Å². The van der Waals surface area contributed by atoms with Crippen molar-refractivity contribution in [2.45, 2.75) is 19.0 Å². The van der Waals surface area contributed by atoms with Gasteiger partial charge in [-0.05, 0) is 49.7 Å². The highest BCUT2D eigenvalue weighted by atomic mass is 32.2. The van der Waals surface area contributed by atoms with Gasteiger partial charge in [0.15, 0.2) is 22.5 Å². The molecule has 1 amide bonds. The molecule has 1 aliphatic heterocycles. The minimum Gasteiger partial charge on any atom is -0.507 e. The highest BCUT2D eigenvalue weighted by Gasteiger charge is 2.21. The number of benzene rings is 3. The predicted molar refractivity (Wildman–Crippen MR) is 130 cm³/mol. The molecule has 4 aromatic rings. The number of aromatic hydroxyl groups is 1. The van der Waals surface area contributed by atoms with Crippen molar-refractivity contribution in [3.63, 3.8) is 0 Å². The second-order valence-corrected chi connectivity index (χ2v) is 8.80. The van der Waals surface area contributed by atoms with E-state index in [1.807, 2.05) is 36.6 Å². The molecule has 0 radical (unpaired) electrons. The smallest absolute Gasteiger partial charge is 0.234 e. The zero-order valence-corrected chi connectivity index (χ0v) is 19.4. The van der Waals surface area contributed by atoms with E-state index in [-0.39, 0.29) is 24.2 Å². The molecule has 2 N–H and O–H groups in total. The first-order valence-corrected chi connectivity index (χ1v) is 11.6. The largest absolute Gasteiger partial charge is 0.507 e. The molecule has 0 unspecified atom stereocenters. The summed E-state index contributed by atoms with van der Waals surface area (Å²) in [7, 11) is 0. The third-order valence-corrected chi connectivity index (χ3v) is 6.29. The number of phenolic OH excluding ortho intramolecular Hbond substituents is 1. The van der Waals surface area contributed by atoms with Gasteiger partial charge in [0.2, 0.25) is 12.7 Å². The van der Waals surface area contributed by atoms with Crippen molar-refractivity contribution in [3.8, 4) is 34.3 Å². The first-order chi connectivity index (χ1) is 16.5. The van der Waals surface area contributed by atoms with Crippen molar-refractivity contribution in [1.29, 1.82) is 0 Å². The number of para-hydroxylation sites is 1. The molecule has 1 aromatic heterocycles. The van der Waals surface area contributed by atoms with Crippen LogP contribution in [0, 0.1) is 13.8 Å². The fraction of sp³-hybridized carbons (Fsp3) is 0.160. The van der Waals surface area contributed by atoms with Crippen molar-refractivity contribution >= 4 is 23.4 Å². The van der Waals surface area contributed by atoms with Gasteiger partial charge in [-0.1, -0.05) is 41.6 Å². The van der Waals surface area contributed by atoms with E-state index >= 15 is 0 Å². The van der Waals surface area contributed by atoms with Crippen molar-refractivity contribution < 1.29 is 19.4 Å². The van der Waals surface area contributed by atoms with Crippen LogP contribution >= 0.6 is 11.8 Å². The molecule has 8 nitrogen and oxygen atoms in total. The number of nitrogens with one attached hydrogen (secondary N) is 1. The second-order valence-electron chi connectivity index (χ2n) is 7.85. The molecule has 0 saturated heterocycles. The summed E-state index contributed by atoms with van der Waals surface area (Å²) in [6.45, 7) is 4.22. The lowest BCUT2D eigenvalue weighted by molar-refractivity contribution is -0.113. The summed E-state index contributed by atoms with van der Waals surface area (Å²) in [5, 5.41) is 22.6. The zero-order valence-electron chi connectivity index (χ0n) is 18.6. The van der Waals surface area contributed by atoms with Crippen LogP contribution in [0.3, 0.4) is 0 Å². The van der Waals surface area contributed by atoms with Crippen molar-refractivity contribution in [3.05, 3.63) is 71.8 Å². The van der Waals surface area contributed by atoms with E-state index in [0.717, 1.165) is 16.8 Å². The van der Waals surface area contributed by atoms with Crippen molar-refractivity contribution in [1.82, 2.24) is 14.8 Å². The minimum atomic E-state index is -0.192. The normalized spacial score (nSPS) is 12.1. The van der Waals surface area contributed by atoms with Gasteiger partial charge >= 0.3 is 0 Å². The molecule has 1 aliphatic rings. The fourth-order valence-corrected chi connectivity index (χ4v) is 4.52. The average molecular weight is 475 g/mol. The van der Waals surface area contributed by atoms with Crippen LogP contribution in [0.1, 0.15) is 11.1 Å². The van der Waals surface area contributed by atoms with Gasteiger partial charge in [0.25, 0.3) is 0 Å². The maximum absolute atomic E-state index is 12.7. The third kappa shape index (κ3) is 4.29.